The number of hydrogen-bond acceptors (Lipinski definition) is 4. The number of carbonyl (C=O) groups excluding carboxylic acids is 1. The highest BCUT2D eigenvalue weighted by molar-refractivity contribution is 6.04. The van der Waals surface area contributed by atoms with Gasteiger partial charge in [-0.25, -0.2) is 0 Å². The molecule has 0 saturated heterocycles. The van der Waals surface area contributed by atoms with Gasteiger partial charge in [-0.15, -0.1) is 10.2 Å². The molecule has 0 bridgehead atoms. The first kappa shape index (κ1) is 21.5. The summed E-state index contributed by atoms with van der Waals surface area (Å²) >= 11 is 0. The second kappa shape index (κ2) is 9.60. The van der Waals surface area contributed by atoms with Crippen molar-refractivity contribution in [1.29, 1.82) is 0 Å². The Hall–Kier alpha value is -3.73. The van der Waals surface area contributed by atoms with E-state index < -0.39 is 0 Å². The zero-order valence-corrected chi connectivity index (χ0v) is 18.6. The topological polar surface area (TPSA) is 68.0 Å². The molecule has 32 heavy (non-hydrogen) atoms. The molecular formula is C27H27N3O2. The zero-order chi connectivity index (χ0) is 22.5. The second-order valence-corrected chi connectivity index (χ2v) is 8.40. The summed E-state index contributed by atoms with van der Waals surface area (Å²) in [5, 5.41) is 11.4. The summed E-state index contributed by atoms with van der Waals surface area (Å²) in [6, 6.07) is 25.1. The molecule has 1 unspecified atom stereocenters. The van der Waals surface area contributed by atoms with Crippen molar-refractivity contribution in [2.45, 2.75) is 33.1 Å². The molecule has 5 nitrogen and oxygen atoms in total. The minimum Gasteiger partial charge on any atom is -0.420 e. The smallest absolute Gasteiger partial charge is 0.255 e. The molecule has 1 aromatic heterocycles. The summed E-state index contributed by atoms with van der Waals surface area (Å²) in [5.41, 5.74) is 4.61. The third-order valence-corrected chi connectivity index (χ3v) is 5.36. The van der Waals surface area contributed by atoms with Gasteiger partial charge in [-0.3, -0.25) is 4.79 Å². The first-order valence-corrected chi connectivity index (χ1v) is 10.9. The minimum atomic E-state index is -0.147. The van der Waals surface area contributed by atoms with E-state index in [1.807, 2.05) is 42.5 Å². The Morgan fingerprint density at radius 1 is 0.875 bits per heavy atom. The van der Waals surface area contributed by atoms with E-state index in [1.54, 1.807) is 12.1 Å². The predicted octanol–water partition coefficient (Wildman–Crippen LogP) is 6.34. The first-order chi connectivity index (χ1) is 15.5. The summed E-state index contributed by atoms with van der Waals surface area (Å²) in [7, 11) is 0. The molecule has 5 heteroatoms. The van der Waals surface area contributed by atoms with Crippen LogP contribution < -0.4 is 5.32 Å². The van der Waals surface area contributed by atoms with Gasteiger partial charge < -0.3 is 9.73 Å². The van der Waals surface area contributed by atoms with Gasteiger partial charge in [0.1, 0.15) is 0 Å². The molecule has 1 amide bonds. The summed E-state index contributed by atoms with van der Waals surface area (Å²) in [6.07, 6.45) is 1.07. The highest BCUT2D eigenvalue weighted by Crippen LogP contribution is 2.27. The van der Waals surface area contributed by atoms with E-state index >= 15 is 0 Å². The Kier molecular flexibility index (Phi) is 6.45. The van der Waals surface area contributed by atoms with Crippen LogP contribution in [0.15, 0.2) is 83.3 Å². The number of carbonyl (C=O) groups is 1. The van der Waals surface area contributed by atoms with E-state index in [2.05, 4.69) is 60.6 Å². The highest BCUT2D eigenvalue weighted by Gasteiger charge is 2.17. The fraction of sp³-hybridized carbons (Fsp3) is 0.222. The molecule has 3 aromatic carbocycles. The van der Waals surface area contributed by atoms with Gasteiger partial charge in [0.2, 0.25) is 11.8 Å². The maximum absolute atomic E-state index is 12.3. The quantitative estimate of drug-likeness (QED) is 0.375. The Morgan fingerprint density at radius 3 is 2.22 bits per heavy atom. The molecular weight excluding hydrogens is 398 g/mol. The molecule has 0 aliphatic rings. The van der Waals surface area contributed by atoms with Crippen molar-refractivity contribution in [2.24, 2.45) is 5.92 Å². The van der Waals surface area contributed by atoms with Gasteiger partial charge >= 0.3 is 0 Å². The molecule has 0 spiro atoms. The SMILES string of the molecule is CC(C)Cc1ccc(C(C)c2nnc(-c3ccc(NC(=O)c4ccccc4)cc3)o2)cc1. The monoisotopic (exact) mass is 425 g/mol. The summed E-state index contributed by atoms with van der Waals surface area (Å²) in [6.45, 7) is 6.51. The Morgan fingerprint density at radius 2 is 1.56 bits per heavy atom. The molecule has 0 aliphatic heterocycles. The molecule has 4 rings (SSSR count). The van der Waals surface area contributed by atoms with Gasteiger partial charge in [0.25, 0.3) is 5.91 Å². The van der Waals surface area contributed by atoms with E-state index in [0.29, 0.717) is 29.0 Å². The van der Waals surface area contributed by atoms with Gasteiger partial charge in [0.05, 0.1) is 5.92 Å². The number of nitrogens with one attached hydrogen (secondary N) is 1. The van der Waals surface area contributed by atoms with Gasteiger partial charge in [0, 0.05) is 16.8 Å². The normalized spacial score (nSPS) is 12.0. The highest BCUT2D eigenvalue weighted by atomic mass is 16.4. The minimum absolute atomic E-state index is 0.00813. The zero-order valence-electron chi connectivity index (χ0n) is 18.6. The lowest BCUT2D eigenvalue weighted by atomic mass is 9.97. The largest absolute Gasteiger partial charge is 0.420 e. The third-order valence-electron chi connectivity index (χ3n) is 5.36. The van der Waals surface area contributed by atoms with Crippen LogP contribution in [-0.2, 0) is 6.42 Å². The van der Waals surface area contributed by atoms with Crippen molar-refractivity contribution in [1.82, 2.24) is 10.2 Å². The Labute approximate surface area is 188 Å². The number of aromatic nitrogens is 2. The first-order valence-electron chi connectivity index (χ1n) is 10.9. The van der Waals surface area contributed by atoms with Crippen molar-refractivity contribution in [3.8, 4) is 11.5 Å². The molecule has 0 radical (unpaired) electrons. The number of rotatable bonds is 7. The van der Waals surface area contributed by atoms with Gasteiger partial charge in [-0.05, 0) is 66.8 Å². The molecule has 4 aromatic rings. The van der Waals surface area contributed by atoms with E-state index in [1.165, 1.54) is 5.56 Å². The lowest BCUT2D eigenvalue weighted by Gasteiger charge is -2.10. The van der Waals surface area contributed by atoms with E-state index in [-0.39, 0.29) is 11.8 Å². The average molecular weight is 426 g/mol. The van der Waals surface area contributed by atoms with Crippen molar-refractivity contribution in [3.05, 3.63) is 101 Å². The fourth-order valence-electron chi connectivity index (χ4n) is 3.57. The summed E-state index contributed by atoms with van der Waals surface area (Å²) in [5.74, 6) is 1.54. The van der Waals surface area contributed by atoms with Crippen LogP contribution in [0, 0.1) is 5.92 Å². The Bertz CT molecular complexity index is 1160. The van der Waals surface area contributed by atoms with Crippen molar-refractivity contribution in [2.75, 3.05) is 5.32 Å². The fourth-order valence-corrected chi connectivity index (χ4v) is 3.57. The van der Waals surface area contributed by atoms with E-state index in [4.69, 9.17) is 4.42 Å². The van der Waals surface area contributed by atoms with Crippen LogP contribution in [0.4, 0.5) is 5.69 Å². The summed E-state index contributed by atoms with van der Waals surface area (Å²) in [4.78, 5) is 12.3. The van der Waals surface area contributed by atoms with Crippen molar-refractivity contribution in [3.63, 3.8) is 0 Å². The number of nitrogens with zero attached hydrogens (tertiary/aromatic N) is 2. The van der Waals surface area contributed by atoms with E-state index in [9.17, 15) is 4.79 Å². The predicted molar refractivity (Wildman–Crippen MR) is 127 cm³/mol. The number of hydrogen-bond donors (Lipinski definition) is 1. The number of benzene rings is 3. The summed E-state index contributed by atoms with van der Waals surface area (Å²) < 4.78 is 5.96. The van der Waals surface area contributed by atoms with Crippen LogP contribution in [-0.4, -0.2) is 16.1 Å². The molecule has 0 aliphatic carbocycles. The molecule has 0 fully saturated rings. The maximum Gasteiger partial charge on any atom is 0.255 e. The second-order valence-electron chi connectivity index (χ2n) is 8.40. The van der Waals surface area contributed by atoms with Crippen LogP contribution in [0.25, 0.3) is 11.5 Å². The molecule has 0 saturated carbocycles. The third kappa shape index (κ3) is 5.11. The average Bonchev–Trinajstić information content (AvgIpc) is 3.30. The Balaban J connectivity index is 1.43. The van der Waals surface area contributed by atoms with Gasteiger partial charge in [0.15, 0.2) is 0 Å². The van der Waals surface area contributed by atoms with Gasteiger partial charge in [-0.1, -0.05) is 56.3 Å². The maximum atomic E-state index is 12.3. The van der Waals surface area contributed by atoms with Gasteiger partial charge in [-0.2, -0.15) is 0 Å². The van der Waals surface area contributed by atoms with Crippen LogP contribution in [0.1, 0.15) is 54.1 Å². The van der Waals surface area contributed by atoms with E-state index in [0.717, 1.165) is 17.5 Å². The molecule has 1 atom stereocenters. The van der Waals surface area contributed by atoms with Crippen LogP contribution >= 0.6 is 0 Å². The van der Waals surface area contributed by atoms with Crippen LogP contribution in [0.5, 0.6) is 0 Å². The number of amides is 1. The molecule has 1 N–H and O–H groups in total. The molecule has 162 valence electrons. The standard InChI is InChI=1S/C27H27N3O2/c1-18(2)17-20-9-11-21(12-10-20)19(3)26-29-30-27(32-26)23-13-15-24(16-14-23)28-25(31)22-7-5-4-6-8-22/h4-16,18-19H,17H2,1-3H3,(H,28,31). The van der Waals surface area contributed by atoms with Crippen molar-refractivity contribution < 1.29 is 9.21 Å². The number of anilines is 1. The lowest BCUT2D eigenvalue weighted by Crippen LogP contribution is -2.11. The van der Waals surface area contributed by atoms with Crippen LogP contribution in [0.2, 0.25) is 0 Å². The molecule has 1 heterocycles. The van der Waals surface area contributed by atoms with Crippen LogP contribution in [0.3, 0.4) is 0 Å². The van der Waals surface area contributed by atoms with Crippen molar-refractivity contribution >= 4 is 11.6 Å². The lowest BCUT2D eigenvalue weighted by molar-refractivity contribution is 0.102.